The second-order valence-electron chi connectivity index (χ2n) is 11.5. The van der Waals surface area contributed by atoms with Gasteiger partial charge in [-0.15, -0.1) is 16.9 Å². The molecule has 40 heavy (non-hydrogen) atoms. The lowest BCUT2D eigenvalue weighted by atomic mass is 9.78. The molecule has 216 valence electrons. The number of carboxylic acids is 1. The Hall–Kier alpha value is -3.04. The van der Waals surface area contributed by atoms with Crippen LogP contribution in [0.1, 0.15) is 33.1 Å². The van der Waals surface area contributed by atoms with Crippen LogP contribution in [0.3, 0.4) is 0 Å². The van der Waals surface area contributed by atoms with Gasteiger partial charge in [-0.3, -0.25) is 14.4 Å². The number of rotatable bonds is 8. The first kappa shape index (κ1) is 27.1. The van der Waals surface area contributed by atoms with Crippen molar-refractivity contribution >= 4 is 35.5 Å². The predicted molar refractivity (Wildman–Crippen MR) is 142 cm³/mol. The van der Waals surface area contributed by atoms with Crippen LogP contribution in [0.4, 0.5) is 0 Å². The zero-order chi connectivity index (χ0) is 28.1. The van der Waals surface area contributed by atoms with Crippen molar-refractivity contribution in [1.29, 1.82) is 0 Å². The largest absolute Gasteiger partial charge is 0.477 e. The lowest BCUT2D eigenvalue weighted by molar-refractivity contribution is -0.158. The summed E-state index contributed by atoms with van der Waals surface area (Å²) in [5, 5.41) is 30.5. The van der Waals surface area contributed by atoms with Crippen LogP contribution >= 0.6 is 11.8 Å². The number of fused-ring (bicyclic) bond motifs is 2. The fourth-order valence-corrected chi connectivity index (χ4v) is 8.59. The molecule has 0 radical (unpaired) electrons. The van der Waals surface area contributed by atoms with Crippen molar-refractivity contribution in [1.82, 2.24) is 46.0 Å². The molecule has 4 saturated heterocycles. The third kappa shape index (κ3) is 4.77. The molecule has 14 nitrogen and oxygen atoms in total. The molecule has 5 aliphatic heterocycles. The number of likely N-dealkylation sites (tertiary alicyclic amines) is 1. The average molecular weight is 574 g/mol. The number of hydrogen-bond acceptors (Lipinski definition) is 10. The number of hydrogen-bond donors (Lipinski definition) is 4. The molecule has 1 aromatic heterocycles. The molecule has 15 heteroatoms. The first-order chi connectivity index (χ1) is 19.2. The Kier molecular flexibility index (Phi) is 7.29. The molecular weight excluding hydrogens is 538 g/mol. The van der Waals surface area contributed by atoms with Crippen LogP contribution < -0.4 is 16.0 Å². The van der Waals surface area contributed by atoms with Crippen molar-refractivity contribution in [2.24, 2.45) is 17.8 Å². The number of aromatic nitrogens is 4. The van der Waals surface area contributed by atoms with Crippen LogP contribution in [-0.4, -0.2) is 114 Å². The van der Waals surface area contributed by atoms with E-state index in [2.05, 4.69) is 31.5 Å². The number of β-lactam (4-membered cyclic amide) rings is 1. The van der Waals surface area contributed by atoms with Crippen molar-refractivity contribution in [3.05, 3.63) is 16.9 Å². The third-order valence-corrected chi connectivity index (χ3v) is 10.6. The number of tetrazole rings is 1. The lowest BCUT2D eigenvalue weighted by Crippen LogP contribution is -2.66. The summed E-state index contributed by atoms with van der Waals surface area (Å²) in [5.41, 5.74) is 0.0292. The van der Waals surface area contributed by atoms with E-state index in [-0.39, 0.29) is 53.2 Å². The van der Waals surface area contributed by atoms with Crippen LogP contribution in [-0.2, 0) is 25.7 Å². The molecule has 0 saturated carbocycles. The molecular formula is C25H35N9O5S. The van der Waals surface area contributed by atoms with E-state index in [0.29, 0.717) is 29.8 Å². The highest BCUT2D eigenvalue weighted by Crippen LogP contribution is 2.52. The minimum atomic E-state index is -1.13. The molecule has 6 heterocycles. The summed E-state index contributed by atoms with van der Waals surface area (Å²) in [6.45, 7) is 6.79. The molecule has 0 bridgehead atoms. The van der Waals surface area contributed by atoms with Gasteiger partial charge in [0.25, 0.3) is 0 Å². The van der Waals surface area contributed by atoms with E-state index in [1.807, 2.05) is 11.8 Å². The van der Waals surface area contributed by atoms with Gasteiger partial charge in [-0.1, -0.05) is 6.92 Å². The molecule has 8 atom stereocenters. The molecule has 1 aromatic rings. The maximum absolute atomic E-state index is 13.3. The average Bonchev–Trinajstić information content (AvgIpc) is 3.71. The monoisotopic (exact) mass is 573 g/mol. The Morgan fingerprint density at radius 1 is 1.27 bits per heavy atom. The highest BCUT2D eigenvalue weighted by atomic mass is 32.2. The Bertz CT molecular complexity index is 1230. The molecule has 6 rings (SSSR count). The van der Waals surface area contributed by atoms with Crippen LogP contribution in [0.15, 0.2) is 16.9 Å². The van der Waals surface area contributed by atoms with Gasteiger partial charge in [-0.25, -0.2) is 9.48 Å². The number of thioether (sulfide) groups is 1. The van der Waals surface area contributed by atoms with Crippen LogP contribution in [0.5, 0.6) is 0 Å². The summed E-state index contributed by atoms with van der Waals surface area (Å²) in [6.07, 6.45) is 4.03. The number of carbonyl (C=O) groups excluding carboxylic acids is 3. The second-order valence-corrected chi connectivity index (χ2v) is 12.9. The van der Waals surface area contributed by atoms with Crippen LogP contribution in [0, 0.1) is 17.8 Å². The fourth-order valence-electron chi connectivity index (χ4n) is 7.11. The normalized spacial score (nSPS) is 34.0. The van der Waals surface area contributed by atoms with E-state index >= 15 is 0 Å². The fraction of sp³-hybridized carbons (Fsp3) is 0.720. The maximum atomic E-state index is 13.3. The van der Waals surface area contributed by atoms with Gasteiger partial charge in [0.15, 0.2) is 0 Å². The Labute approximate surface area is 235 Å². The number of nitrogens with zero attached hydrogens (tertiary/aromatic N) is 6. The van der Waals surface area contributed by atoms with Crippen molar-refractivity contribution in [2.75, 3.05) is 26.2 Å². The van der Waals surface area contributed by atoms with Crippen LogP contribution in [0.2, 0.25) is 0 Å². The Morgan fingerprint density at radius 3 is 2.85 bits per heavy atom. The standard InChI is InChI=1S/C25H35N9O5S/c1-12-20-19(13(2)29-18(35)10-33-11-28-30-31-33)24(37)34(20)21(25(38)39)22(12)40-15-7-17(27-8-15)23(36)32-6-4-16-14(9-32)3-5-26-16/h11-17,19-20,26-27H,3-10H2,1-2H3,(H,29,35)(H,38,39)/t12-,13-,14?,15+,16?,17+,19-,20-/m1/s1. The first-order valence-electron chi connectivity index (χ1n) is 14.0. The molecule has 5 aliphatic rings. The van der Waals surface area contributed by atoms with Crippen molar-refractivity contribution < 1.29 is 24.3 Å². The molecule has 2 unspecified atom stereocenters. The van der Waals surface area contributed by atoms with Gasteiger partial charge in [0.2, 0.25) is 17.7 Å². The topological polar surface area (TPSA) is 175 Å². The van der Waals surface area contributed by atoms with E-state index in [4.69, 9.17) is 0 Å². The van der Waals surface area contributed by atoms with Crippen molar-refractivity contribution in [3.8, 4) is 0 Å². The van der Waals surface area contributed by atoms with E-state index in [0.717, 1.165) is 32.5 Å². The number of nitrogens with one attached hydrogen (secondary N) is 3. The molecule has 0 aromatic carbocycles. The van der Waals surface area contributed by atoms with Gasteiger partial charge >= 0.3 is 5.97 Å². The molecule has 0 spiro atoms. The van der Waals surface area contributed by atoms with Crippen LogP contribution in [0.25, 0.3) is 0 Å². The molecule has 0 aliphatic carbocycles. The van der Waals surface area contributed by atoms with Crippen molar-refractivity contribution in [3.63, 3.8) is 0 Å². The molecule has 4 fully saturated rings. The number of amides is 3. The maximum Gasteiger partial charge on any atom is 0.353 e. The number of carboxylic acid groups (broad SMARTS) is 1. The lowest BCUT2D eigenvalue weighted by Gasteiger charge is -2.47. The van der Waals surface area contributed by atoms with E-state index in [9.17, 15) is 24.3 Å². The van der Waals surface area contributed by atoms with E-state index < -0.39 is 17.9 Å². The summed E-state index contributed by atoms with van der Waals surface area (Å²) in [4.78, 5) is 55.3. The van der Waals surface area contributed by atoms with Gasteiger partial charge in [-0.05, 0) is 49.1 Å². The SMILES string of the molecule is C[C@@H](NC(=O)Cn1cnnn1)[C@H]1C(=O)N2C(C(=O)O)=C(S[C@@H]3CN[C@H](C(=O)N4CCC5NCCC5C4)C3)[C@H](C)[C@H]12. The van der Waals surface area contributed by atoms with Gasteiger partial charge in [0.1, 0.15) is 18.6 Å². The Balaban J connectivity index is 1.08. The van der Waals surface area contributed by atoms with Gasteiger partial charge in [-0.2, -0.15) is 0 Å². The quantitative estimate of drug-likeness (QED) is 0.270. The summed E-state index contributed by atoms with van der Waals surface area (Å²) >= 11 is 1.47. The summed E-state index contributed by atoms with van der Waals surface area (Å²) < 4.78 is 1.29. The van der Waals surface area contributed by atoms with Gasteiger partial charge in [0, 0.05) is 47.8 Å². The number of piperidine rings is 1. The highest BCUT2D eigenvalue weighted by molar-refractivity contribution is 8.03. The van der Waals surface area contributed by atoms with E-state index in [1.165, 1.54) is 27.7 Å². The zero-order valence-corrected chi connectivity index (χ0v) is 23.3. The highest BCUT2D eigenvalue weighted by Gasteiger charge is 2.60. The minimum absolute atomic E-state index is 0.0205. The minimum Gasteiger partial charge on any atom is -0.477 e. The van der Waals surface area contributed by atoms with Crippen molar-refractivity contribution in [2.45, 2.75) is 69.1 Å². The summed E-state index contributed by atoms with van der Waals surface area (Å²) in [5.74, 6) is -1.86. The molecule has 4 N–H and O–H groups in total. The van der Waals surface area contributed by atoms with Gasteiger partial charge in [0.05, 0.1) is 18.0 Å². The number of aliphatic carboxylic acids is 1. The van der Waals surface area contributed by atoms with E-state index in [1.54, 1.807) is 6.92 Å². The van der Waals surface area contributed by atoms with Gasteiger partial charge < -0.3 is 30.9 Å². The molecule has 3 amide bonds. The smallest absolute Gasteiger partial charge is 0.353 e. The summed E-state index contributed by atoms with van der Waals surface area (Å²) in [7, 11) is 0. The zero-order valence-electron chi connectivity index (χ0n) is 22.5. The first-order valence-corrected chi connectivity index (χ1v) is 14.8. The summed E-state index contributed by atoms with van der Waals surface area (Å²) in [6, 6.07) is -0.602. The third-order valence-electron chi connectivity index (χ3n) is 9.07. The Morgan fingerprint density at radius 2 is 2.10 bits per heavy atom. The number of carbonyl (C=O) groups is 4. The predicted octanol–water partition coefficient (Wildman–Crippen LogP) is -1.38. The second kappa shape index (κ2) is 10.7.